The Bertz CT molecular complexity index is 919. The van der Waals surface area contributed by atoms with Gasteiger partial charge in [-0.2, -0.15) is 5.10 Å². The van der Waals surface area contributed by atoms with Crippen LogP contribution in [0.3, 0.4) is 0 Å². The second kappa shape index (κ2) is 6.39. The molecule has 0 spiro atoms. The largest absolute Gasteiger partial charge is 0.346 e. The van der Waals surface area contributed by atoms with E-state index in [-0.39, 0.29) is 17.9 Å². The van der Waals surface area contributed by atoms with Crippen molar-refractivity contribution in [1.82, 2.24) is 19.8 Å². The lowest BCUT2D eigenvalue weighted by Crippen LogP contribution is -2.37. The fourth-order valence-corrected chi connectivity index (χ4v) is 3.21. The van der Waals surface area contributed by atoms with Crippen LogP contribution in [0.25, 0.3) is 5.52 Å². The van der Waals surface area contributed by atoms with E-state index in [1.807, 2.05) is 48.5 Å². The molecule has 4 rings (SSSR count). The molecule has 1 saturated heterocycles. The summed E-state index contributed by atoms with van der Waals surface area (Å²) in [5, 5.41) is 7.14. The number of likely N-dealkylation sites (tertiary alicyclic amines) is 1. The number of hydrogen-bond donors (Lipinski definition) is 1. The predicted molar refractivity (Wildman–Crippen MR) is 92.9 cm³/mol. The molecule has 1 atom stereocenters. The van der Waals surface area contributed by atoms with Crippen LogP contribution in [0.5, 0.6) is 0 Å². The normalized spacial score (nSPS) is 17.2. The van der Waals surface area contributed by atoms with Gasteiger partial charge in [-0.1, -0.05) is 36.4 Å². The summed E-state index contributed by atoms with van der Waals surface area (Å²) in [4.78, 5) is 26.6. The summed E-state index contributed by atoms with van der Waals surface area (Å²) in [5.74, 6) is -0.153. The van der Waals surface area contributed by atoms with Gasteiger partial charge in [0.25, 0.3) is 5.91 Å². The summed E-state index contributed by atoms with van der Waals surface area (Å²) in [6.07, 6.45) is 1.99. The van der Waals surface area contributed by atoms with Crippen molar-refractivity contribution in [3.63, 3.8) is 0 Å². The van der Waals surface area contributed by atoms with Gasteiger partial charge in [-0.25, -0.2) is 4.52 Å². The maximum absolute atomic E-state index is 12.6. The summed E-state index contributed by atoms with van der Waals surface area (Å²) < 4.78 is 1.61. The van der Waals surface area contributed by atoms with Crippen molar-refractivity contribution < 1.29 is 9.59 Å². The Morgan fingerprint density at radius 2 is 1.96 bits per heavy atom. The first-order valence-electron chi connectivity index (χ1n) is 8.26. The molecule has 0 bridgehead atoms. The van der Waals surface area contributed by atoms with Gasteiger partial charge in [-0.05, 0) is 23.8 Å². The van der Waals surface area contributed by atoms with Crippen LogP contribution in [-0.4, -0.2) is 38.9 Å². The van der Waals surface area contributed by atoms with E-state index in [0.717, 1.165) is 11.1 Å². The number of nitrogens with one attached hydrogen (secondary N) is 1. The van der Waals surface area contributed by atoms with E-state index in [1.165, 1.54) is 0 Å². The average Bonchev–Trinajstić information content (AvgIpc) is 3.22. The Balaban J connectivity index is 1.44. The van der Waals surface area contributed by atoms with Crippen molar-refractivity contribution in [3.8, 4) is 0 Å². The molecule has 1 unspecified atom stereocenters. The maximum Gasteiger partial charge on any atom is 0.270 e. The molecule has 1 aliphatic heterocycles. The molecule has 2 amide bonds. The number of rotatable bonds is 4. The number of carbonyl (C=O) groups excluding carboxylic acids is 2. The van der Waals surface area contributed by atoms with E-state index >= 15 is 0 Å². The first-order valence-corrected chi connectivity index (χ1v) is 8.26. The van der Waals surface area contributed by atoms with Crippen LogP contribution in [-0.2, 0) is 11.3 Å². The number of nitrogens with zero attached hydrogens (tertiary/aromatic N) is 3. The zero-order chi connectivity index (χ0) is 17.2. The monoisotopic (exact) mass is 334 g/mol. The molecular weight excluding hydrogens is 316 g/mol. The third-order valence-corrected chi connectivity index (χ3v) is 4.42. The highest BCUT2D eigenvalue weighted by atomic mass is 16.2. The van der Waals surface area contributed by atoms with Crippen LogP contribution in [0.15, 0.2) is 60.8 Å². The third-order valence-electron chi connectivity index (χ3n) is 4.42. The molecule has 25 heavy (non-hydrogen) atoms. The van der Waals surface area contributed by atoms with Crippen molar-refractivity contribution in [1.29, 1.82) is 0 Å². The Hall–Kier alpha value is -3.15. The predicted octanol–water partition coefficient (Wildman–Crippen LogP) is 1.87. The molecule has 1 fully saturated rings. The highest BCUT2D eigenvalue weighted by Crippen LogP contribution is 2.16. The number of aromatic nitrogens is 2. The molecule has 126 valence electrons. The lowest BCUT2D eigenvalue weighted by Gasteiger charge is -2.17. The van der Waals surface area contributed by atoms with Gasteiger partial charge in [0.1, 0.15) is 5.69 Å². The Labute approximate surface area is 145 Å². The molecule has 0 radical (unpaired) electrons. The molecular formula is C19H18N4O2. The fraction of sp³-hybridized carbons (Fsp3) is 0.211. The first-order chi connectivity index (χ1) is 12.2. The molecule has 6 nitrogen and oxygen atoms in total. The Morgan fingerprint density at radius 1 is 1.12 bits per heavy atom. The van der Waals surface area contributed by atoms with Crippen molar-refractivity contribution in [2.75, 3.05) is 6.54 Å². The van der Waals surface area contributed by atoms with E-state index in [1.54, 1.807) is 21.7 Å². The van der Waals surface area contributed by atoms with Crippen molar-refractivity contribution in [2.24, 2.45) is 0 Å². The number of carbonyl (C=O) groups is 2. The van der Waals surface area contributed by atoms with Crippen LogP contribution in [0.4, 0.5) is 0 Å². The highest BCUT2D eigenvalue weighted by Gasteiger charge is 2.31. The third kappa shape index (κ3) is 3.10. The number of benzene rings is 1. The molecule has 3 aromatic rings. The van der Waals surface area contributed by atoms with Crippen LogP contribution in [0.1, 0.15) is 22.5 Å². The summed E-state index contributed by atoms with van der Waals surface area (Å²) >= 11 is 0. The van der Waals surface area contributed by atoms with Crippen LogP contribution in [0.2, 0.25) is 0 Å². The van der Waals surface area contributed by atoms with E-state index in [0.29, 0.717) is 25.2 Å². The fourth-order valence-electron chi connectivity index (χ4n) is 3.21. The van der Waals surface area contributed by atoms with Crippen LogP contribution >= 0.6 is 0 Å². The number of pyridine rings is 1. The zero-order valence-electron chi connectivity index (χ0n) is 13.6. The standard InChI is InChI=1S/C19H18N4O2/c24-18-11-15(13-22(18)12-14-5-2-1-3-6-14)21-19(25)17-8-4-7-16-9-10-20-23(16)17/h1-10,15H,11-13H2,(H,21,25). The topological polar surface area (TPSA) is 66.7 Å². The molecule has 1 aromatic carbocycles. The quantitative estimate of drug-likeness (QED) is 0.792. The van der Waals surface area contributed by atoms with Gasteiger partial charge in [-0.15, -0.1) is 0 Å². The van der Waals surface area contributed by atoms with Crippen molar-refractivity contribution in [2.45, 2.75) is 19.0 Å². The molecule has 0 aliphatic carbocycles. The van der Waals surface area contributed by atoms with Gasteiger partial charge in [0.15, 0.2) is 0 Å². The maximum atomic E-state index is 12.6. The molecule has 1 N–H and O–H groups in total. The van der Waals surface area contributed by atoms with Crippen LogP contribution in [0, 0.1) is 0 Å². The van der Waals surface area contributed by atoms with Gasteiger partial charge in [0.05, 0.1) is 17.8 Å². The second-order valence-electron chi connectivity index (χ2n) is 6.21. The minimum Gasteiger partial charge on any atom is -0.346 e. The summed E-state index contributed by atoms with van der Waals surface area (Å²) in [6.45, 7) is 1.09. The number of hydrogen-bond acceptors (Lipinski definition) is 3. The lowest BCUT2D eigenvalue weighted by molar-refractivity contribution is -0.128. The lowest BCUT2D eigenvalue weighted by atomic mass is 10.2. The second-order valence-corrected chi connectivity index (χ2v) is 6.21. The minimum atomic E-state index is -0.214. The van der Waals surface area contributed by atoms with E-state index < -0.39 is 0 Å². The smallest absolute Gasteiger partial charge is 0.270 e. The molecule has 6 heteroatoms. The van der Waals surface area contributed by atoms with Gasteiger partial charge < -0.3 is 10.2 Å². The first kappa shape index (κ1) is 15.4. The molecule has 2 aromatic heterocycles. The van der Waals surface area contributed by atoms with E-state index in [4.69, 9.17) is 0 Å². The minimum absolute atomic E-state index is 0.0615. The van der Waals surface area contributed by atoms with Crippen LogP contribution < -0.4 is 5.32 Å². The van der Waals surface area contributed by atoms with Crippen molar-refractivity contribution >= 4 is 17.3 Å². The number of fused-ring (bicyclic) bond motifs is 1. The zero-order valence-corrected chi connectivity index (χ0v) is 13.6. The van der Waals surface area contributed by atoms with Gasteiger partial charge in [0, 0.05) is 19.5 Å². The summed E-state index contributed by atoms with van der Waals surface area (Å²) in [5.41, 5.74) is 2.42. The van der Waals surface area contributed by atoms with Gasteiger partial charge >= 0.3 is 0 Å². The number of amides is 2. The summed E-state index contributed by atoms with van der Waals surface area (Å²) in [7, 11) is 0. The van der Waals surface area contributed by atoms with E-state index in [9.17, 15) is 9.59 Å². The Kier molecular flexibility index (Phi) is 3.93. The summed E-state index contributed by atoms with van der Waals surface area (Å²) in [6, 6.07) is 17.0. The molecule has 3 heterocycles. The average molecular weight is 334 g/mol. The van der Waals surface area contributed by atoms with E-state index in [2.05, 4.69) is 10.4 Å². The molecule has 1 aliphatic rings. The SMILES string of the molecule is O=C(NC1CC(=O)N(Cc2ccccc2)C1)c1cccc2ccnn12. The highest BCUT2D eigenvalue weighted by molar-refractivity contribution is 5.94. The van der Waals surface area contributed by atoms with Crippen molar-refractivity contribution in [3.05, 3.63) is 72.1 Å². The molecule has 0 saturated carbocycles. The van der Waals surface area contributed by atoms with Gasteiger partial charge in [0.2, 0.25) is 5.91 Å². The Morgan fingerprint density at radius 3 is 2.80 bits per heavy atom. The van der Waals surface area contributed by atoms with Gasteiger partial charge in [-0.3, -0.25) is 9.59 Å².